The summed E-state index contributed by atoms with van der Waals surface area (Å²) in [6, 6.07) is 5.47. The summed E-state index contributed by atoms with van der Waals surface area (Å²) >= 11 is 5.93. The Morgan fingerprint density at radius 3 is 2.69 bits per heavy atom. The fraction of sp³-hybridized carbons (Fsp3) is 0.400. The molecule has 0 radical (unpaired) electrons. The van der Waals surface area contributed by atoms with Gasteiger partial charge < -0.3 is 5.32 Å². The zero-order chi connectivity index (χ0) is 9.47. The zero-order valence-electron chi connectivity index (χ0n) is 7.40. The van der Waals surface area contributed by atoms with Gasteiger partial charge in [-0.15, -0.1) is 0 Å². The third-order valence-corrected chi connectivity index (χ3v) is 2.74. The minimum absolute atomic E-state index is 0.371. The first kappa shape index (κ1) is 8.97. The molecule has 3 heteroatoms. The number of aryl methyl sites for hydroxylation is 1. The third-order valence-electron chi connectivity index (χ3n) is 2.41. The molecule has 1 N–H and O–H groups in total. The van der Waals surface area contributed by atoms with Gasteiger partial charge in [0.1, 0.15) is 0 Å². The van der Waals surface area contributed by atoms with E-state index in [1.54, 1.807) is 6.07 Å². The predicted octanol–water partition coefficient (Wildman–Crippen LogP) is 2.42. The maximum atomic E-state index is 13.9. The van der Waals surface area contributed by atoms with Crippen LogP contribution in [0.15, 0.2) is 18.2 Å². The van der Waals surface area contributed by atoms with E-state index in [4.69, 9.17) is 11.6 Å². The van der Waals surface area contributed by atoms with Crippen LogP contribution in [0.1, 0.15) is 11.1 Å². The van der Waals surface area contributed by atoms with Crippen LogP contribution >= 0.6 is 11.6 Å². The molecule has 0 aliphatic carbocycles. The molecule has 2 rings (SSSR count). The molecule has 1 aliphatic rings. The van der Waals surface area contributed by atoms with Crippen LogP contribution in [0, 0.1) is 6.92 Å². The topological polar surface area (TPSA) is 12.0 Å². The molecule has 1 aromatic carbocycles. The van der Waals surface area contributed by atoms with E-state index >= 15 is 0 Å². The molecule has 1 nitrogen and oxygen atoms in total. The summed E-state index contributed by atoms with van der Waals surface area (Å²) in [5.74, 6) is 0. The van der Waals surface area contributed by atoms with Crippen molar-refractivity contribution in [2.45, 2.75) is 12.6 Å². The normalized spacial score (nSPS) is 19.6. The second-order valence-electron chi connectivity index (χ2n) is 3.55. The van der Waals surface area contributed by atoms with Crippen molar-refractivity contribution in [1.29, 1.82) is 0 Å². The molecular weight excluding hydrogens is 189 g/mol. The number of nitrogens with one attached hydrogen (secondary N) is 1. The molecule has 1 aromatic rings. The molecule has 0 amide bonds. The van der Waals surface area contributed by atoms with Gasteiger partial charge in [0.15, 0.2) is 5.67 Å². The lowest BCUT2D eigenvalue weighted by Gasteiger charge is -2.36. The highest BCUT2D eigenvalue weighted by Gasteiger charge is 2.40. The van der Waals surface area contributed by atoms with E-state index in [0.29, 0.717) is 23.7 Å². The van der Waals surface area contributed by atoms with Crippen LogP contribution in [0.5, 0.6) is 0 Å². The number of alkyl halides is 1. The summed E-state index contributed by atoms with van der Waals surface area (Å²) in [6.45, 7) is 2.68. The predicted molar refractivity (Wildman–Crippen MR) is 51.8 cm³/mol. The lowest BCUT2D eigenvalue weighted by molar-refractivity contribution is 0.0892. The van der Waals surface area contributed by atoms with Gasteiger partial charge in [-0.2, -0.15) is 0 Å². The summed E-state index contributed by atoms with van der Waals surface area (Å²) in [5, 5.41) is 3.44. The summed E-state index contributed by atoms with van der Waals surface area (Å²) in [6.07, 6.45) is 0. The molecule has 13 heavy (non-hydrogen) atoms. The highest BCUT2D eigenvalue weighted by Crippen LogP contribution is 2.35. The van der Waals surface area contributed by atoms with Crippen molar-refractivity contribution in [3.63, 3.8) is 0 Å². The Labute approximate surface area is 81.9 Å². The molecule has 0 unspecified atom stereocenters. The molecule has 1 heterocycles. The number of hydrogen-bond donors (Lipinski definition) is 1. The fourth-order valence-electron chi connectivity index (χ4n) is 1.52. The van der Waals surface area contributed by atoms with Gasteiger partial charge in [-0.1, -0.05) is 29.3 Å². The second-order valence-corrected chi connectivity index (χ2v) is 3.96. The first-order chi connectivity index (χ1) is 6.12. The van der Waals surface area contributed by atoms with E-state index in [9.17, 15) is 4.39 Å². The van der Waals surface area contributed by atoms with E-state index in [1.165, 1.54) is 0 Å². The highest BCUT2D eigenvalue weighted by molar-refractivity contribution is 6.31. The average Bonchev–Trinajstić information content (AvgIpc) is 2.05. The standard InChI is InChI=1S/C10H11ClFN/c1-7-2-3-9(11)8(4-7)10(12)5-13-6-10/h2-4,13H,5-6H2,1H3. The molecule has 0 spiro atoms. The third kappa shape index (κ3) is 1.45. The molecule has 70 valence electrons. The summed E-state index contributed by atoms with van der Waals surface area (Å²) in [4.78, 5) is 0. The number of benzene rings is 1. The molecule has 0 saturated carbocycles. The molecule has 0 atom stereocenters. The van der Waals surface area contributed by atoms with Gasteiger partial charge in [0.05, 0.1) is 0 Å². The van der Waals surface area contributed by atoms with E-state index in [0.717, 1.165) is 5.56 Å². The van der Waals surface area contributed by atoms with Gasteiger partial charge in [-0.3, -0.25) is 0 Å². The lowest BCUT2D eigenvalue weighted by Crippen LogP contribution is -2.53. The number of hydrogen-bond acceptors (Lipinski definition) is 1. The molecule has 1 saturated heterocycles. The van der Waals surface area contributed by atoms with Gasteiger partial charge in [-0.05, 0) is 13.0 Å². The van der Waals surface area contributed by atoms with E-state index in [-0.39, 0.29) is 0 Å². The van der Waals surface area contributed by atoms with Gasteiger partial charge in [0.25, 0.3) is 0 Å². The Kier molecular flexibility index (Phi) is 2.05. The molecule has 1 fully saturated rings. The van der Waals surface area contributed by atoms with Crippen LogP contribution in [0.25, 0.3) is 0 Å². The Bertz CT molecular complexity index is 334. The highest BCUT2D eigenvalue weighted by atomic mass is 35.5. The van der Waals surface area contributed by atoms with E-state index in [2.05, 4.69) is 5.32 Å². The Morgan fingerprint density at radius 1 is 1.46 bits per heavy atom. The molecule has 0 bridgehead atoms. The van der Waals surface area contributed by atoms with Crippen molar-refractivity contribution in [3.05, 3.63) is 34.3 Å². The summed E-state index contributed by atoms with van der Waals surface area (Å²) < 4.78 is 13.9. The van der Waals surface area contributed by atoms with Gasteiger partial charge in [0, 0.05) is 23.7 Å². The Hall–Kier alpha value is -0.600. The zero-order valence-corrected chi connectivity index (χ0v) is 8.16. The smallest absolute Gasteiger partial charge is 0.162 e. The first-order valence-electron chi connectivity index (χ1n) is 4.28. The maximum absolute atomic E-state index is 13.9. The first-order valence-corrected chi connectivity index (χ1v) is 4.66. The van der Waals surface area contributed by atoms with Gasteiger partial charge in [0.2, 0.25) is 0 Å². The summed E-state index contributed by atoms with van der Waals surface area (Å²) in [5.41, 5.74) is 0.416. The lowest BCUT2D eigenvalue weighted by atomic mass is 9.89. The number of rotatable bonds is 1. The van der Waals surface area contributed by atoms with Gasteiger partial charge >= 0.3 is 0 Å². The second kappa shape index (κ2) is 2.96. The van der Waals surface area contributed by atoms with Crippen molar-refractivity contribution < 1.29 is 4.39 Å². The quantitative estimate of drug-likeness (QED) is 0.733. The van der Waals surface area contributed by atoms with Crippen LogP contribution in [-0.4, -0.2) is 13.1 Å². The van der Waals surface area contributed by atoms with Crippen LogP contribution in [0.2, 0.25) is 5.02 Å². The molecule has 0 aromatic heterocycles. The Balaban J connectivity index is 2.43. The van der Waals surface area contributed by atoms with E-state index < -0.39 is 5.67 Å². The minimum Gasteiger partial charge on any atom is -0.310 e. The van der Waals surface area contributed by atoms with Crippen molar-refractivity contribution in [2.24, 2.45) is 0 Å². The van der Waals surface area contributed by atoms with Crippen LogP contribution in [-0.2, 0) is 5.67 Å². The fourth-order valence-corrected chi connectivity index (χ4v) is 1.80. The number of halogens is 2. The Morgan fingerprint density at radius 2 is 2.15 bits per heavy atom. The molecular formula is C10H11ClFN. The van der Waals surface area contributed by atoms with E-state index in [1.807, 2.05) is 19.1 Å². The monoisotopic (exact) mass is 199 g/mol. The van der Waals surface area contributed by atoms with Crippen molar-refractivity contribution in [3.8, 4) is 0 Å². The molecule has 1 aliphatic heterocycles. The van der Waals surface area contributed by atoms with Crippen molar-refractivity contribution >= 4 is 11.6 Å². The van der Waals surface area contributed by atoms with Crippen LogP contribution in [0.3, 0.4) is 0 Å². The largest absolute Gasteiger partial charge is 0.310 e. The SMILES string of the molecule is Cc1ccc(Cl)c(C2(F)CNC2)c1. The van der Waals surface area contributed by atoms with Crippen molar-refractivity contribution in [2.75, 3.05) is 13.1 Å². The van der Waals surface area contributed by atoms with Gasteiger partial charge in [-0.25, -0.2) is 4.39 Å². The minimum atomic E-state index is -1.25. The van der Waals surface area contributed by atoms with Crippen molar-refractivity contribution in [1.82, 2.24) is 5.32 Å². The average molecular weight is 200 g/mol. The summed E-state index contributed by atoms with van der Waals surface area (Å²) in [7, 11) is 0. The van der Waals surface area contributed by atoms with Crippen LogP contribution in [0.4, 0.5) is 4.39 Å². The van der Waals surface area contributed by atoms with Crippen LogP contribution < -0.4 is 5.32 Å². The maximum Gasteiger partial charge on any atom is 0.162 e.